The van der Waals surface area contributed by atoms with Crippen molar-refractivity contribution >= 4 is 5.91 Å². The largest absolute Gasteiger partial charge is 0.507 e. The molecule has 1 atom stereocenters. The van der Waals surface area contributed by atoms with Gasteiger partial charge in [-0.2, -0.15) is 5.10 Å². The standard InChI is InChI=1S/C29H37N3O5/c1-7-35-22-11-10-20(16-23(22)36-8-2)27-24-25(21-15-18(5)14-19(6)28(21)33)30-31-26(24)29(34)32(27)12-9-13-37-17(3)4/h10-11,14-17,27,33H,7-9,12-13H2,1-6H3,(H,30,31). The van der Waals surface area contributed by atoms with Gasteiger partial charge < -0.3 is 24.2 Å². The third kappa shape index (κ3) is 5.30. The topological polar surface area (TPSA) is 96.9 Å². The molecule has 2 aromatic carbocycles. The van der Waals surface area contributed by atoms with Crippen LogP contribution in [0, 0.1) is 13.8 Å². The molecule has 37 heavy (non-hydrogen) atoms. The zero-order chi connectivity index (χ0) is 26.7. The third-order valence-corrected chi connectivity index (χ3v) is 6.44. The molecule has 0 aliphatic carbocycles. The highest BCUT2D eigenvalue weighted by Crippen LogP contribution is 2.46. The minimum Gasteiger partial charge on any atom is -0.507 e. The number of nitrogens with zero attached hydrogens (tertiary/aromatic N) is 2. The maximum atomic E-state index is 13.6. The van der Waals surface area contributed by atoms with E-state index in [-0.39, 0.29) is 17.8 Å². The molecule has 1 amide bonds. The Morgan fingerprint density at radius 1 is 1.08 bits per heavy atom. The Bertz CT molecular complexity index is 1270. The van der Waals surface area contributed by atoms with Gasteiger partial charge in [0.1, 0.15) is 17.1 Å². The molecule has 4 rings (SSSR count). The van der Waals surface area contributed by atoms with Crippen molar-refractivity contribution in [3.8, 4) is 28.5 Å². The van der Waals surface area contributed by atoms with Gasteiger partial charge in [-0.25, -0.2) is 0 Å². The fourth-order valence-corrected chi connectivity index (χ4v) is 4.91. The minimum absolute atomic E-state index is 0.126. The average Bonchev–Trinajstić information content (AvgIpc) is 3.39. The van der Waals surface area contributed by atoms with E-state index >= 15 is 0 Å². The van der Waals surface area contributed by atoms with Gasteiger partial charge in [-0.3, -0.25) is 9.89 Å². The number of phenols is 1. The summed E-state index contributed by atoms with van der Waals surface area (Å²) in [6.45, 7) is 13.8. The Morgan fingerprint density at radius 3 is 2.51 bits per heavy atom. The van der Waals surface area contributed by atoms with Gasteiger partial charge in [0.25, 0.3) is 5.91 Å². The van der Waals surface area contributed by atoms with Crippen LogP contribution in [0.25, 0.3) is 11.3 Å². The van der Waals surface area contributed by atoms with E-state index in [0.717, 1.165) is 22.3 Å². The second kappa shape index (κ2) is 11.3. The predicted molar refractivity (Wildman–Crippen MR) is 143 cm³/mol. The molecule has 1 unspecified atom stereocenters. The van der Waals surface area contributed by atoms with E-state index in [1.165, 1.54) is 0 Å². The van der Waals surface area contributed by atoms with Crippen LogP contribution in [0.5, 0.6) is 17.2 Å². The SMILES string of the molecule is CCOc1ccc(C2c3c(-c4cc(C)cc(C)c4O)n[nH]c3C(=O)N2CCCOC(C)C)cc1OCC. The fourth-order valence-electron chi connectivity index (χ4n) is 4.91. The van der Waals surface area contributed by atoms with Crippen LogP contribution in [-0.4, -0.2) is 58.6 Å². The summed E-state index contributed by atoms with van der Waals surface area (Å²) in [5.74, 6) is 1.33. The molecule has 0 spiro atoms. The molecular weight excluding hydrogens is 470 g/mol. The molecule has 8 heteroatoms. The Morgan fingerprint density at radius 2 is 1.81 bits per heavy atom. The lowest BCUT2D eigenvalue weighted by atomic mass is 9.94. The van der Waals surface area contributed by atoms with Gasteiger partial charge in [0, 0.05) is 24.3 Å². The lowest BCUT2D eigenvalue weighted by Gasteiger charge is -2.27. The van der Waals surface area contributed by atoms with Gasteiger partial charge >= 0.3 is 0 Å². The molecule has 0 fully saturated rings. The molecule has 0 saturated carbocycles. The normalized spacial score (nSPS) is 14.9. The lowest BCUT2D eigenvalue weighted by Crippen LogP contribution is -2.31. The van der Waals surface area contributed by atoms with Crippen LogP contribution in [0.2, 0.25) is 0 Å². The van der Waals surface area contributed by atoms with E-state index in [1.54, 1.807) is 0 Å². The number of phenolic OH excluding ortho intramolecular Hbond substituents is 1. The zero-order valence-electron chi connectivity index (χ0n) is 22.6. The Hall–Kier alpha value is -3.52. The molecule has 3 aromatic rings. The van der Waals surface area contributed by atoms with Crippen molar-refractivity contribution in [3.05, 3.63) is 58.3 Å². The number of aryl methyl sites for hydroxylation is 2. The molecule has 0 saturated heterocycles. The number of rotatable bonds is 11. The van der Waals surface area contributed by atoms with Gasteiger partial charge in [0.15, 0.2) is 11.5 Å². The maximum absolute atomic E-state index is 13.6. The number of fused-ring (bicyclic) bond motifs is 1. The van der Waals surface area contributed by atoms with Crippen LogP contribution in [0.15, 0.2) is 30.3 Å². The second-order valence-electron chi connectivity index (χ2n) is 9.59. The van der Waals surface area contributed by atoms with Gasteiger partial charge in [0.05, 0.1) is 25.4 Å². The molecule has 1 aromatic heterocycles. The number of carbonyl (C=O) groups is 1. The number of aromatic amines is 1. The van der Waals surface area contributed by atoms with Crippen molar-refractivity contribution < 1.29 is 24.1 Å². The van der Waals surface area contributed by atoms with Crippen LogP contribution in [0.3, 0.4) is 0 Å². The van der Waals surface area contributed by atoms with Gasteiger partial charge in [-0.05, 0) is 82.9 Å². The first-order valence-electron chi connectivity index (χ1n) is 13.0. The number of benzene rings is 2. The van der Waals surface area contributed by atoms with Crippen molar-refractivity contribution in [2.24, 2.45) is 0 Å². The summed E-state index contributed by atoms with van der Waals surface area (Å²) in [6, 6.07) is 9.22. The highest BCUT2D eigenvalue weighted by Gasteiger charge is 2.42. The average molecular weight is 508 g/mol. The summed E-state index contributed by atoms with van der Waals surface area (Å²) in [7, 11) is 0. The molecule has 0 radical (unpaired) electrons. The molecular formula is C29H37N3O5. The van der Waals surface area contributed by atoms with E-state index in [0.29, 0.717) is 61.2 Å². The molecule has 1 aliphatic rings. The van der Waals surface area contributed by atoms with Crippen LogP contribution >= 0.6 is 0 Å². The first-order valence-corrected chi connectivity index (χ1v) is 13.0. The summed E-state index contributed by atoms with van der Waals surface area (Å²) < 4.78 is 17.4. The number of hydrogen-bond donors (Lipinski definition) is 2. The highest BCUT2D eigenvalue weighted by atomic mass is 16.5. The van der Waals surface area contributed by atoms with Crippen molar-refractivity contribution in [1.29, 1.82) is 0 Å². The Balaban J connectivity index is 1.83. The molecule has 1 aliphatic heterocycles. The van der Waals surface area contributed by atoms with E-state index in [9.17, 15) is 9.90 Å². The van der Waals surface area contributed by atoms with Gasteiger partial charge in [-0.1, -0.05) is 12.1 Å². The fraction of sp³-hybridized carbons (Fsp3) is 0.448. The van der Waals surface area contributed by atoms with E-state index in [2.05, 4.69) is 10.2 Å². The summed E-state index contributed by atoms with van der Waals surface area (Å²) in [5, 5.41) is 18.4. The number of H-pyrrole nitrogens is 1. The lowest BCUT2D eigenvalue weighted by molar-refractivity contribution is 0.0601. The quantitative estimate of drug-likeness (QED) is 0.330. The van der Waals surface area contributed by atoms with E-state index < -0.39 is 6.04 Å². The number of carbonyl (C=O) groups excluding carboxylic acids is 1. The maximum Gasteiger partial charge on any atom is 0.273 e. The highest BCUT2D eigenvalue weighted by molar-refractivity contribution is 6.00. The van der Waals surface area contributed by atoms with Crippen molar-refractivity contribution in [3.63, 3.8) is 0 Å². The van der Waals surface area contributed by atoms with Crippen LogP contribution in [0.1, 0.15) is 72.9 Å². The first kappa shape index (κ1) is 26.5. The second-order valence-corrected chi connectivity index (χ2v) is 9.59. The molecule has 2 heterocycles. The van der Waals surface area contributed by atoms with E-state index in [4.69, 9.17) is 14.2 Å². The van der Waals surface area contributed by atoms with Gasteiger partial charge in [-0.15, -0.1) is 0 Å². The van der Waals surface area contributed by atoms with Crippen molar-refractivity contribution in [2.45, 2.75) is 60.1 Å². The smallest absolute Gasteiger partial charge is 0.273 e. The predicted octanol–water partition coefficient (Wildman–Crippen LogP) is 5.56. The zero-order valence-corrected chi connectivity index (χ0v) is 22.6. The minimum atomic E-state index is -0.412. The number of amides is 1. The number of ether oxygens (including phenoxy) is 3. The number of hydrogen-bond acceptors (Lipinski definition) is 6. The summed E-state index contributed by atoms with van der Waals surface area (Å²) in [4.78, 5) is 15.5. The number of nitrogens with one attached hydrogen (secondary N) is 1. The Labute approximate surface area is 218 Å². The van der Waals surface area contributed by atoms with Crippen molar-refractivity contribution in [2.75, 3.05) is 26.4 Å². The molecule has 0 bridgehead atoms. The Kier molecular flexibility index (Phi) is 8.07. The number of aromatic hydroxyl groups is 1. The molecule has 8 nitrogen and oxygen atoms in total. The summed E-state index contributed by atoms with van der Waals surface area (Å²) in [5.41, 5.74) is 5.02. The van der Waals surface area contributed by atoms with E-state index in [1.807, 2.05) is 76.8 Å². The third-order valence-electron chi connectivity index (χ3n) is 6.44. The van der Waals surface area contributed by atoms with Crippen molar-refractivity contribution in [1.82, 2.24) is 15.1 Å². The molecule has 2 N–H and O–H groups in total. The molecule has 198 valence electrons. The van der Waals surface area contributed by atoms with Crippen LogP contribution < -0.4 is 9.47 Å². The summed E-state index contributed by atoms with van der Waals surface area (Å²) in [6.07, 6.45) is 0.818. The summed E-state index contributed by atoms with van der Waals surface area (Å²) >= 11 is 0. The van der Waals surface area contributed by atoms with Crippen LogP contribution in [-0.2, 0) is 4.74 Å². The monoisotopic (exact) mass is 507 g/mol. The number of aromatic nitrogens is 2. The first-order chi connectivity index (χ1) is 17.8. The van der Waals surface area contributed by atoms with Crippen LogP contribution in [0.4, 0.5) is 0 Å². The van der Waals surface area contributed by atoms with Gasteiger partial charge in [0.2, 0.25) is 0 Å².